The zero-order chi connectivity index (χ0) is 20.4. The molecule has 1 unspecified atom stereocenters. The van der Waals surface area contributed by atoms with E-state index in [2.05, 4.69) is 39.7 Å². The quantitative estimate of drug-likeness (QED) is 0.192. The molecule has 1 aromatic rings. The topological polar surface area (TPSA) is 104 Å². The van der Waals surface area contributed by atoms with Crippen molar-refractivity contribution < 1.29 is 9.66 Å². The standard InChI is InChI=1S/C19H32N6O3/c1-15(2)18(24-10-12-28-13-11-24)14-23-19(20-3)22-9-8-21-16-6-4-5-7-17(16)25(26)27/h4-7,15,18,21H,8-14H2,1-3H3,(H2,20,22,23). The van der Waals surface area contributed by atoms with Gasteiger partial charge in [0.25, 0.3) is 5.69 Å². The lowest BCUT2D eigenvalue weighted by Crippen LogP contribution is -2.52. The SMILES string of the molecule is CN=C(NCCNc1ccccc1[N+](=O)[O-])NCC(C(C)C)N1CCOCC1. The Bertz CT molecular complexity index is 646. The molecule has 1 heterocycles. The monoisotopic (exact) mass is 392 g/mol. The number of ether oxygens (including phenoxy) is 1. The molecule has 0 radical (unpaired) electrons. The van der Waals surface area contributed by atoms with Gasteiger partial charge in [0.2, 0.25) is 0 Å². The predicted octanol–water partition coefficient (Wildman–Crippen LogP) is 1.53. The van der Waals surface area contributed by atoms with Gasteiger partial charge in [-0.2, -0.15) is 0 Å². The summed E-state index contributed by atoms with van der Waals surface area (Å²) >= 11 is 0. The van der Waals surface area contributed by atoms with E-state index < -0.39 is 0 Å². The lowest BCUT2D eigenvalue weighted by Gasteiger charge is -2.37. The predicted molar refractivity (Wildman–Crippen MR) is 112 cm³/mol. The molecule has 1 fully saturated rings. The van der Waals surface area contributed by atoms with E-state index in [1.807, 2.05) is 0 Å². The van der Waals surface area contributed by atoms with Crippen LogP contribution >= 0.6 is 0 Å². The van der Waals surface area contributed by atoms with Crippen molar-refractivity contribution >= 4 is 17.3 Å². The smallest absolute Gasteiger partial charge is 0.292 e. The number of benzene rings is 1. The van der Waals surface area contributed by atoms with Crippen molar-refractivity contribution in [1.29, 1.82) is 0 Å². The fourth-order valence-corrected chi connectivity index (χ4v) is 3.28. The Morgan fingerprint density at radius 2 is 1.96 bits per heavy atom. The summed E-state index contributed by atoms with van der Waals surface area (Å²) in [6, 6.07) is 7.05. The van der Waals surface area contributed by atoms with Gasteiger partial charge in [-0.05, 0) is 12.0 Å². The van der Waals surface area contributed by atoms with E-state index in [1.54, 1.807) is 25.2 Å². The number of anilines is 1. The van der Waals surface area contributed by atoms with E-state index in [0.29, 0.717) is 30.7 Å². The third-order valence-electron chi connectivity index (χ3n) is 4.82. The van der Waals surface area contributed by atoms with Gasteiger partial charge >= 0.3 is 0 Å². The Morgan fingerprint density at radius 1 is 1.25 bits per heavy atom. The summed E-state index contributed by atoms with van der Waals surface area (Å²) in [5, 5.41) is 20.8. The molecule has 0 aromatic heterocycles. The third kappa shape index (κ3) is 6.65. The fourth-order valence-electron chi connectivity index (χ4n) is 3.28. The molecule has 28 heavy (non-hydrogen) atoms. The van der Waals surface area contributed by atoms with E-state index in [-0.39, 0.29) is 10.6 Å². The number of nitro groups is 1. The minimum Gasteiger partial charge on any atom is -0.379 e. The van der Waals surface area contributed by atoms with E-state index >= 15 is 0 Å². The van der Waals surface area contributed by atoms with Crippen LogP contribution < -0.4 is 16.0 Å². The zero-order valence-electron chi connectivity index (χ0n) is 17.0. The van der Waals surface area contributed by atoms with Crippen molar-refractivity contribution in [1.82, 2.24) is 15.5 Å². The lowest BCUT2D eigenvalue weighted by molar-refractivity contribution is -0.384. The first kappa shape index (κ1) is 21.9. The van der Waals surface area contributed by atoms with Gasteiger partial charge in [-0.25, -0.2) is 0 Å². The summed E-state index contributed by atoms with van der Waals surface area (Å²) in [4.78, 5) is 17.4. The summed E-state index contributed by atoms with van der Waals surface area (Å²) in [5.74, 6) is 1.24. The molecule has 156 valence electrons. The number of aliphatic imine (C=N–C) groups is 1. The number of hydrogen-bond donors (Lipinski definition) is 3. The van der Waals surface area contributed by atoms with Crippen molar-refractivity contribution in [3.8, 4) is 0 Å². The van der Waals surface area contributed by atoms with Gasteiger partial charge in [-0.3, -0.25) is 20.0 Å². The maximum atomic E-state index is 11.1. The van der Waals surface area contributed by atoms with Crippen LogP contribution in [0.25, 0.3) is 0 Å². The normalized spacial score (nSPS) is 16.6. The first-order valence-corrected chi connectivity index (χ1v) is 9.76. The molecule has 0 aliphatic carbocycles. The number of nitro benzene ring substituents is 1. The second-order valence-electron chi connectivity index (χ2n) is 7.04. The number of para-hydroxylation sites is 2. The molecule has 2 rings (SSSR count). The number of nitrogens with one attached hydrogen (secondary N) is 3. The minimum absolute atomic E-state index is 0.0790. The molecule has 1 atom stereocenters. The zero-order valence-corrected chi connectivity index (χ0v) is 17.0. The van der Waals surface area contributed by atoms with Gasteiger partial charge < -0.3 is 20.7 Å². The molecule has 0 spiro atoms. The van der Waals surface area contributed by atoms with Gasteiger partial charge in [0.1, 0.15) is 5.69 Å². The van der Waals surface area contributed by atoms with Crippen LogP contribution in [0.5, 0.6) is 0 Å². The molecule has 3 N–H and O–H groups in total. The number of guanidine groups is 1. The van der Waals surface area contributed by atoms with Crippen molar-refractivity contribution in [3.63, 3.8) is 0 Å². The molecular weight excluding hydrogens is 360 g/mol. The average molecular weight is 393 g/mol. The van der Waals surface area contributed by atoms with Crippen LogP contribution in [0.15, 0.2) is 29.3 Å². The highest BCUT2D eigenvalue weighted by Gasteiger charge is 2.23. The van der Waals surface area contributed by atoms with Gasteiger partial charge in [-0.1, -0.05) is 26.0 Å². The maximum Gasteiger partial charge on any atom is 0.292 e. The molecule has 1 aliphatic heterocycles. The van der Waals surface area contributed by atoms with Crippen LogP contribution in [0.3, 0.4) is 0 Å². The van der Waals surface area contributed by atoms with E-state index in [4.69, 9.17) is 4.74 Å². The number of morpholine rings is 1. The summed E-state index contributed by atoms with van der Waals surface area (Å²) in [5.41, 5.74) is 0.597. The van der Waals surface area contributed by atoms with Crippen LogP contribution in [-0.2, 0) is 4.74 Å². The Labute approximate surface area is 166 Å². The minimum atomic E-state index is -0.381. The number of rotatable bonds is 9. The van der Waals surface area contributed by atoms with Gasteiger partial charge in [-0.15, -0.1) is 0 Å². The van der Waals surface area contributed by atoms with Crippen LogP contribution in [0.1, 0.15) is 13.8 Å². The Morgan fingerprint density at radius 3 is 2.61 bits per heavy atom. The highest BCUT2D eigenvalue weighted by atomic mass is 16.6. The molecule has 0 bridgehead atoms. The molecule has 1 aliphatic rings. The molecule has 9 heteroatoms. The Balaban J connectivity index is 1.77. The van der Waals surface area contributed by atoms with E-state index in [0.717, 1.165) is 38.8 Å². The van der Waals surface area contributed by atoms with Crippen LogP contribution in [0.2, 0.25) is 0 Å². The maximum absolute atomic E-state index is 11.1. The molecular formula is C19H32N6O3. The lowest BCUT2D eigenvalue weighted by atomic mass is 10.0. The highest BCUT2D eigenvalue weighted by Crippen LogP contribution is 2.22. The number of hydrogen-bond acceptors (Lipinski definition) is 6. The average Bonchev–Trinajstić information content (AvgIpc) is 2.70. The highest BCUT2D eigenvalue weighted by molar-refractivity contribution is 5.79. The largest absolute Gasteiger partial charge is 0.379 e. The Kier molecular flexibility index (Phi) is 8.96. The summed E-state index contributed by atoms with van der Waals surface area (Å²) in [6.45, 7) is 9.88. The molecule has 1 aromatic carbocycles. The molecule has 9 nitrogen and oxygen atoms in total. The molecule has 1 saturated heterocycles. The van der Waals surface area contributed by atoms with Crippen LogP contribution in [-0.4, -0.2) is 74.8 Å². The van der Waals surface area contributed by atoms with Crippen molar-refractivity contribution in [2.75, 3.05) is 58.3 Å². The summed E-state index contributed by atoms with van der Waals surface area (Å²) < 4.78 is 5.45. The van der Waals surface area contributed by atoms with Gasteiger partial charge in [0, 0.05) is 51.9 Å². The second kappa shape index (κ2) is 11.5. The fraction of sp³-hybridized carbons (Fsp3) is 0.632. The van der Waals surface area contributed by atoms with Crippen LogP contribution in [0, 0.1) is 16.0 Å². The first-order valence-electron chi connectivity index (χ1n) is 9.76. The van der Waals surface area contributed by atoms with Gasteiger partial charge in [0.05, 0.1) is 18.1 Å². The molecule has 0 saturated carbocycles. The second-order valence-corrected chi connectivity index (χ2v) is 7.04. The van der Waals surface area contributed by atoms with Crippen LogP contribution in [0.4, 0.5) is 11.4 Å². The van der Waals surface area contributed by atoms with Crippen molar-refractivity contribution in [2.45, 2.75) is 19.9 Å². The van der Waals surface area contributed by atoms with E-state index in [9.17, 15) is 10.1 Å². The summed E-state index contributed by atoms with van der Waals surface area (Å²) in [6.07, 6.45) is 0. The van der Waals surface area contributed by atoms with E-state index in [1.165, 1.54) is 6.07 Å². The van der Waals surface area contributed by atoms with Crippen molar-refractivity contribution in [2.24, 2.45) is 10.9 Å². The third-order valence-corrected chi connectivity index (χ3v) is 4.82. The summed E-state index contributed by atoms with van der Waals surface area (Å²) in [7, 11) is 1.74. The van der Waals surface area contributed by atoms with Gasteiger partial charge in [0.15, 0.2) is 5.96 Å². The van der Waals surface area contributed by atoms with Crippen molar-refractivity contribution in [3.05, 3.63) is 34.4 Å². The first-order chi connectivity index (χ1) is 13.5. The Hall–Kier alpha value is -2.39. The number of nitrogens with zero attached hydrogens (tertiary/aromatic N) is 3. The molecule has 0 amide bonds.